The number of benzene rings is 2. The van der Waals surface area contributed by atoms with Gasteiger partial charge < -0.3 is 14.7 Å². The summed E-state index contributed by atoms with van der Waals surface area (Å²) in [6.45, 7) is 2.84. The highest BCUT2D eigenvalue weighted by molar-refractivity contribution is 7.16. The van der Waals surface area contributed by atoms with Crippen molar-refractivity contribution in [3.63, 3.8) is 0 Å². The molecule has 4 rings (SSSR count). The third kappa shape index (κ3) is 4.19. The number of hydrogen-bond acceptors (Lipinski definition) is 5. The van der Waals surface area contributed by atoms with Gasteiger partial charge in [0.2, 0.25) is 0 Å². The zero-order chi connectivity index (χ0) is 21.1. The predicted molar refractivity (Wildman–Crippen MR) is 119 cm³/mol. The van der Waals surface area contributed by atoms with E-state index in [2.05, 4.69) is 35.3 Å². The molecule has 0 radical (unpaired) electrons. The van der Waals surface area contributed by atoms with E-state index in [4.69, 9.17) is 16.3 Å². The molecule has 0 fully saturated rings. The van der Waals surface area contributed by atoms with E-state index in [0.29, 0.717) is 21.2 Å². The number of nitrogens with one attached hydrogen (secondary N) is 1. The lowest BCUT2D eigenvalue weighted by Gasteiger charge is -2.23. The second kappa shape index (κ2) is 8.88. The first kappa shape index (κ1) is 20.4. The van der Waals surface area contributed by atoms with Crippen LogP contribution in [0.4, 0.5) is 5.00 Å². The number of nitriles is 1. The molecule has 152 valence electrons. The van der Waals surface area contributed by atoms with Crippen LogP contribution in [0, 0.1) is 11.3 Å². The van der Waals surface area contributed by atoms with Crippen LogP contribution in [0.1, 0.15) is 27.1 Å². The number of nitrogens with zero attached hydrogens (tertiary/aromatic N) is 2. The third-order valence-electron chi connectivity index (χ3n) is 5.23. The Hall–Kier alpha value is -2.85. The minimum atomic E-state index is -0.0241. The number of aromatic hydroxyl groups is 1. The molecule has 2 aromatic carbocycles. The molecule has 0 bridgehead atoms. The molecule has 3 aromatic rings. The predicted octanol–water partition coefficient (Wildman–Crippen LogP) is 3.88. The van der Waals surface area contributed by atoms with Gasteiger partial charge >= 0.3 is 0 Å². The molecule has 1 aliphatic heterocycles. The molecule has 1 unspecified atom stereocenters. The summed E-state index contributed by atoms with van der Waals surface area (Å²) < 4.78 is 5.14. The molecular weight excluding hydrogens is 418 g/mol. The fourth-order valence-electron chi connectivity index (χ4n) is 3.74. The molecule has 0 saturated carbocycles. The second-order valence-corrected chi connectivity index (χ2v) is 8.71. The highest BCUT2D eigenvalue weighted by Gasteiger charge is 2.27. The molecule has 5 nitrogen and oxygen atoms in total. The van der Waals surface area contributed by atoms with Crippen LogP contribution in [-0.4, -0.2) is 25.0 Å². The fourth-order valence-corrected chi connectivity index (χ4v) is 5.17. The summed E-state index contributed by atoms with van der Waals surface area (Å²) in [5.41, 5.74) is 3.51. The van der Waals surface area contributed by atoms with Crippen molar-refractivity contribution in [1.82, 2.24) is 0 Å². The Morgan fingerprint density at radius 3 is 2.87 bits per heavy atom. The number of quaternary nitrogens is 1. The highest BCUT2D eigenvalue weighted by Crippen LogP contribution is 2.37. The number of rotatable bonds is 5. The number of ether oxygens (including phenoxy) is 1. The SMILES string of the molecule is COc1cc(Cl)cc(/C=N/c2sc3c(c2C#N)CC[NH+](Cc2ccccc2)C3)c1O. The molecule has 0 amide bonds. The maximum atomic E-state index is 10.3. The van der Waals surface area contributed by atoms with Crippen molar-refractivity contribution in [2.75, 3.05) is 13.7 Å². The van der Waals surface area contributed by atoms with Crippen LogP contribution in [0.5, 0.6) is 11.5 Å². The molecular formula is C23H21ClN3O2S+. The summed E-state index contributed by atoms with van der Waals surface area (Å²) in [7, 11) is 1.47. The Balaban J connectivity index is 1.59. The number of phenols is 1. The van der Waals surface area contributed by atoms with Gasteiger partial charge in [-0.2, -0.15) is 5.26 Å². The van der Waals surface area contributed by atoms with Crippen LogP contribution in [0.15, 0.2) is 47.5 Å². The third-order valence-corrected chi connectivity index (χ3v) is 6.59. The van der Waals surface area contributed by atoms with Gasteiger partial charge in [-0.1, -0.05) is 41.9 Å². The van der Waals surface area contributed by atoms with Crippen molar-refractivity contribution < 1.29 is 14.7 Å². The smallest absolute Gasteiger partial charge is 0.166 e. The zero-order valence-electron chi connectivity index (χ0n) is 16.5. The van der Waals surface area contributed by atoms with Crippen molar-refractivity contribution in [1.29, 1.82) is 5.26 Å². The summed E-state index contributed by atoms with van der Waals surface area (Å²) in [5.74, 6) is 0.263. The molecule has 1 aliphatic rings. The maximum Gasteiger partial charge on any atom is 0.166 e. The fraction of sp³-hybridized carbons (Fsp3) is 0.217. The monoisotopic (exact) mass is 438 g/mol. The first-order valence-electron chi connectivity index (χ1n) is 9.61. The normalized spacial score (nSPS) is 15.7. The molecule has 0 aliphatic carbocycles. The van der Waals surface area contributed by atoms with E-state index in [9.17, 15) is 10.4 Å². The molecule has 1 atom stereocenters. The number of thiophene rings is 1. The molecule has 7 heteroatoms. The van der Waals surface area contributed by atoms with Gasteiger partial charge in [0.25, 0.3) is 0 Å². The Bertz CT molecular complexity index is 1140. The lowest BCUT2D eigenvalue weighted by Crippen LogP contribution is -3.10. The second-order valence-electron chi connectivity index (χ2n) is 7.19. The van der Waals surface area contributed by atoms with Crippen LogP contribution in [0.25, 0.3) is 0 Å². The zero-order valence-corrected chi connectivity index (χ0v) is 18.1. The average Bonchev–Trinajstić information content (AvgIpc) is 3.11. The molecule has 2 heterocycles. The molecule has 0 saturated heterocycles. The van der Waals surface area contributed by atoms with Gasteiger partial charge in [0.05, 0.1) is 24.1 Å². The lowest BCUT2D eigenvalue weighted by atomic mass is 10.0. The first-order valence-corrected chi connectivity index (χ1v) is 10.8. The number of aliphatic imine (C=N–C) groups is 1. The van der Waals surface area contributed by atoms with E-state index in [1.54, 1.807) is 23.5 Å². The lowest BCUT2D eigenvalue weighted by molar-refractivity contribution is -0.929. The number of hydrogen-bond donors (Lipinski definition) is 2. The average molecular weight is 439 g/mol. The largest absolute Gasteiger partial charge is 0.504 e. The van der Waals surface area contributed by atoms with Crippen LogP contribution in [-0.2, 0) is 19.5 Å². The Kier molecular flexibility index (Phi) is 6.05. The van der Waals surface area contributed by atoms with Crippen molar-refractivity contribution >= 4 is 34.2 Å². The Morgan fingerprint density at radius 1 is 1.33 bits per heavy atom. The number of phenolic OH excluding ortho intramolecular Hbond substituents is 1. The van der Waals surface area contributed by atoms with Crippen molar-refractivity contribution in [2.24, 2.45) is 4.99 Å². The minimum absolute atomic E-state index is 0.0241. The van der Waals surface area contributed by atoms with Gasteiger partial charge in [-0.05, 0) is 11.6 Å². The van der Waals surface area contributed by atoms with Gasteiger partial charge in [-0.3, -0.25) is 0 Å². The van der Waals surface area contributed by atoms with E-state index < -0.39 is 0 Å². The minimum Gasteiger partial charge on any atom is -0.504 e. The van der Waals surface area contributed by atoms with Crippen molar-refractivity contribution in [2.45, 2.75) is 19.5 Å². The highest BCUT2D eigenvalue weighted by atomic mass is 35.5. The summed E-state index contributed by atoms with van der Waals surface area (Å²) >= 11 is 7.65. The van der Waals surface area contributed by atoms with Crippen molar-refractivity contribution in [3.05, 3.63) is 74.6 Å². The van der Waals surface area contributed by atoms with Crippen LogP contribution >= 0.6 is 22.9 Å². The summed E-state index contributed by atoms with van der Waals surface area (Å²) in [6, 6.07) is 16.0. The summed E-state index contributed by atoms with van der Waals surface area (Å²) in [5, 5.41) is 21.2. The van der Waals surface area contributed by atoms with E-state index in [1.165, 1.54) is 28.7 Å². The van der Waals surface area contributed by atoms with Crippen molar-refractivity contribution in [3.8, 4) is 17.6 Å². The van der Waals surface area contributed by atoms with E-state index in [0.717, 1.165) is 31.6 Å². The molecule has 1 aromatic heterocycles. The molecule has 0 spiro atoms. The maximum absolute atomic E-state index is 10.3. The van der Waals surface area contributed by atoms with Gasteiger partial charge in [0, 0.05) is 34.9 Å². The topological polar surface area (TPSA) is 70.0 Å². The van der Waals surface area contributed by atoms with Crippen LogP contribution < -0.4 is 9.64 Å². The van der Waals surface area contributed by atoms with E-state index >= 15 is 0 Å². The van der Waals surface area contributed by atoms with Crippen LogP contribution in [0.3, 0.4) is 0 Å². The van der Waals surface area contributed by atoms with Gasteiger partial charge in [0.1, 0.15) is 24.2 Å². The van der Waals surface area contributed by atoms with Gasteiger partial charge in [-0.25, -0.2) is 4.99 Å². The number of methoxy groups -OCH3 is 1. The first-order chi connectivity index (χ1) is 14.6. The Labute approximate surface area is 184 Å². The van der Waals surface area contributed by atoms with E-state index in [-0.39, 0.29) is 11.5 Å². The Morgan fingerprint density at radius 2 is 2.13 bits per heavy atom. The van der Waals surface area contributed by atoms with E-state index in [1.807, 2.05) is 6.07 Å². The van der Waals surface area contributed by atoms with Gasteiger partial charge in [0.15, 0.2) is 11.5 Å². The summed E-state index contributed by atoms with van der Waals surface area (Å²) in [6.07, 6.45) is 2.40. The molecule has 30 heavy (non-hydrogen) atoms. The van der Waals surface area contributed by atoms with Crippen LogP contribution in [0.2, 0.25) is 5.02 Å². The molecule has 2 N–H and O–H groups in total. The van der Waals surface area contributed by atoms with Gasteiger partial charge in [-0.15, -0.1) is 11.3 Å². The standard InChI is InChI=1S/C23H20ClN3O2S/c1-29-20-10-17(24)9-16(22(20)28)12-26-23-19(11-25)18-7-8-27(14-21(18)30-23)13-15-5-3-2-4-6-15/h2-6,9-10,12,28H,7-8,13-14H2,1H3/p+1/b26-12+. The number of fused-ring (bicyclic) bond motifs is 1. The quantitative estimate of drug-likeness (QED) is 0.594. The summed E-state index contributed by atoms with van der Waals surface area (Å²) in [4.78, 5) is 7.22. The number of halogens is 1.